The smallest absolute Gasteiger partial charge is 0.416 e. The summed E-state index contributed by atoms with van der Waals surface area (Å²) in [5, 5.41) is 10.0. The highest BCUT2D eigenvalue weighted by atomic mass is 35.5. The molecule has 0 spiro atoms. The first kappa shape index (κ1) is 23.6. The van der Waals surface area contributed by atoms with E-state index in [9.17, 15) is 23.1 Å². The zero-order chi connectivity index (χ0) is 20.0. The molecule has 3 N–H and O–H groups in total. The highest BCUT2D eigenvalue weighted by Gasteiger charge is 2.30. The summed E-state index contributed by atoms with van der Waals surface area (Å²) >= 11 is 0. The number of hydrogen-bond donors (Lipinski definition) is 2. The van der Waals surface area contributed by atoms with E-state index in [-0.39, 0.29) is 43.6 Å². The number of nitrogens with zero attached hydrogens (tertiary/aromatic N) is 1. The SMILES string of the molecule is CN(CC(O)COc1ccc(C(F)(F)F)cc1)C(=O)Cc1ccc(N)cc1.Cl. The maximum Gasteiger partial charge on any atom is 0.416 e. The number of aliphatic hydroxyl groups is 1. The standard InChI is InChI=1S/C19H21F3N2O3.ClH/c1-24(18(26)10-13-2-6-15(23)7-3-13)11-16(25)12-27-17-8-4-14(5-9-17)19(20,21)22;/h2-9,16,25H,10-12,23H2,1H3;1H. The van der Waals surface area contributed by atoms with Gasteiger partial charge in [0.2, 0.25) is 5.91 Å². The summed E-state index contributed by atoms with van der Waals surface area (Å²) < 4.78 is 42.8. The predicted molar refractivity (Wildman–Crippen MR) is 102 cm³/mol. The van der Waals surface area contributed by atoms with E-state index >= 15 is 0 Å². The van der Waals surface area contributed by atoms with Gasteiger partial charge in [-0.05, 0) is 42.0 Å². The van der Waals surface area contributed by atoms with Crippen LogP contribution in [-0.4, -0.2) is 42.2 Å². The molecule has 0 fully saturated rings. The minimum Gasteiger partial charge on any atom is -0.491 e. The van der Waals surface area contributed by atoms with Crippen LogP contribution in [0.1, 0.15) is 11.1 Å². The van der Waals surface area contributed by atoms with Gasteiger partial charge in [-0.3, -0.25) is 4.79 Å². The molecule has 2 aromatic carbocycles. The molecule has 0 aliphatic heterocycles. The lowest BCUT2D eigenvalue weighted by molar-refractivity contribution is -0.137. The number of carbonyl (C=O) groups is 1. The number of likely N-dealkylation sites (N-methyl/N-ethyl adjacent to an activating group) is 1. The molecule has 1 amide bonds. The van der Waals surface area contributed by atoms with Crippen molar-refractivity contribution in [1.29, 1.82) is 0 Å². The van der Waals surface area contributed by atoms with Crippen molar-refractivity contribution in [2.45, 2.75) is 18.7 Å². The molecular weight excluding hydrogens is 397 g/mol. The topological polar surface area (TPSA) is 75.8 Å². The molecule has 2 aromatic rings. The van der Waals surface area contributed by atoms with Crippen molar-refractivity contribution in [2.24, 2.45) is 0 Å². The number of benzene rings is 2. The summed E-state index contributed by atoms with van der Waals surface area (Å²) in [5.41, 5.74) is 6.23. The lowest BCUT2D eigenvalue weighted by atomic mass is 10.1. The number of nitrogens with two attached hydrogens (primary N) is 1. The number of ether oxygens (including phenoxy) is 1. The normalized spacial score (nSPS) is 12.0. The summed E-state index contributed by atoms with van der Waals surface area (Å²) in [4.78, 5) is 13.5. The predicted octanol–water partition coefficient (Wildman–Crippen LogP) is 3.15. The van der Waals surface area contributed by atoms with E-state index in [1.165, 1.54) is 17.0 Å². The summed E-state index contributed by atoms with van der Waals surface area (Å²) in [7, 11) is 1.56. The Morgan fingerprint density at radius 3 is 2.25 bits per heavy atom. The van der Waals surface area contributed by atoms with Crippen molar-refractivity contribution in [3.8, 4) is 5.75 Å². The van der Waals surface area contributed by atoms with E-state index in [4.69, 9.17) is 10.5 Å². The fraction of sp³-hybridized carbons (Fsp3) is 0.316. The van der Waals surface area contributed by atoms with Gasteiger partial charge in [0, 0.05) is 19.3 Å². The van der Waals surface area contributed by atoms with E-state index in [1.54, 1.807) is 31.3 Å². The van der Waals surface area contributed by atoms with Gasteiger partial charge in [-0.2, -0.15) is 13.2 Å². The summed E-state index contributed by atoms with van der Waals surface area (Å²) in [6.07, 6.45) is -5.22. The van der Waals surface area contributed by atoms with Gasteiger partial charge in [-0.15, -0.1) is 12.4 Å². The molecular formula is C19H22ClF3N2O3. The van der Waals surface area contributed by atoms with E-state index in [0.717, 1.165) is 17.7 Å². The Hall–Kier alpha value is -2.45. The Labute approximate surface area is 167 Å². The molecule has 0 radical (unpaired) electrons. The monoisotopic (exact) mass is 418 g/mol. The zero-order valence-corrected chi connectivity index (χ0v) is 16.0. The van der Waals surface area contributed by atoms with Crippen LogP contribution in [0.25, 0.3) is 0 Å². The van der Waals surface area contributed by atoms with Crippen molar-refractivity contribution >= 4 is 24.0 Å². The number of alkyl halides is 3. The highest BCUT2D eigenvalue weighted by Crippen LogP contribution is 2.30. The Balaban J connectivity index is 0.00000392. The molecule has 9 heteroatoms. The van der Waals surface area contributed by atoms with Crippen LogP contribution in [0.2, 0.25) is 0 Å². The minimum absolute atomic E-state index is 0. The van der Waals surface area contributed by atoms with E-state index in [0.29, 0.717) is 5.69 Å². The number of nitrogen functional groups attached to an aromatic ring is 1. The van der Waals surface area contributed by atoms with E-state index < -0.39 is 17.8 Å². The molecule has 0 bridgehead atoms. The van der Waals surface area contributed by atoms with Crippen molar-refractivity contribution in [3.63, 3.8) is 0 Å². The number of halogens is 4. The third-order valence-electron chi connectivity index (χ3n) is 3.87. The van der Waals surface area contributed by atoms with Crippen LogP contribution in [0.4, 0.5) is 18.9 Å². The zero-order valence-electron chi connectivity index (χ0n) is 15.1. The van der Waals surface area contributed by atoms with Gasteiger partial charge < -0.3 is 20.5 Å². The molecule has 28 heavy (non-hydrogen) atoms. The van der Waals surface area contributed by atoms with Gasteiger partial charge >= 0.3 is 6.18 Å². The molecule has 154 valence electrons. The van der Waals surface area contributed by atoms with Gasteiger partial charge in [-0.1, -0.05) is 12.1 Å². The molecule has 1 atom stereocenters. The van der Waals surface area contributed by atoms with Gasteiger partial charge in [0.15, 0.2) is 0 Å². The van der Waals surface area contributed by atoms with Crippen molar-refractivity contribution < 1.29 is 27.8 Å². The quantitative estimate of drug-likeness (QED) is 0.677. The Bertz CT molecular complexity index is 753. The molecule has 2 rings (SSSR count). The maximum absolute atomic E-state index is 12.5. The molecule has 1 unspecified atom stereocenters. The van der Waals surface area contributed by atoms with Crippen LogP contribution >= 0.6 is 12.4 Å². The van der Waals surface area contributed by atoms with E-state index in [1.807, 2.05) is 0 Å². The van der Waals surface area contributed by atoms with Crippen LogP contribution in [0.5, 0.6) is 5.75 Å². The lowest BCUT2D eigenvalue weighted by Gasteiger charge is -2.21. The Morgan fingerprint density at radius 1 is 1.14 bits per heavy atom. The van der Waals surface area contributed by atoms with Crippen molar-refractivity contribution in [2.75, 3.05) is 25.9 Å². The fourth-order valence-corrected chi connectivity index (χ4v) is 2.35. The Morgan fingerprint density at radius 2 is 1.71 bits per heavy atom. The largest absolute Gasteiger partial charge is 0.491 e. The average Bonchev–Trinajstić information content (AvgIpc) is 2.61. The summed E-state index contributed by atoms with van der Waals surface area (Å²) in [6, 6.07) is 11.1. The second-order valence-electron chi connectivity index (χ2n) is 6.18. The van der Waals surface area contributed by atoms with Crippen LogP contribution in [0.15, 0.2) is 48.5 Å². The molecule has 0 aliphatic carbocycles. The van der Waals surface area contributed by atoms with Gasteiger partial charge in [0.25, 0.3) is 0 Å². The number of anilines is 1. The molecule has 0 saturated heterocycles. The number of aliphatic hydroxyl groups excluding tert-OH is 1. The second kappa shape index (κ2) is 10.2. The Kier molecular flexibility index (Phi) is 8.59. The third-order valence-corrected chi connectivity index (χ3v) is 3.87. The molecule has 0 aromatic heterocycles. The molecule has 5 nitrogen and oxygen atoms in total. The van der Waals surface area contributed by atoms with E-state index in [2.05, 4.69) is 0 Å². The maximum atomic E-state index is 12.5. The summed E-state index contributed by atoms with van der Waals surface area (Å²) in [5.74, 6) is 0.0197. The first-order chi connectivity index (χ1) is 12.6. The van der Waals surface area contributed by atoms with Gasteiger partial charge in [0.1, 0.15) is 18.5 Å². The first-order valence-electron chi connectivity index (χ1n) is 8.21. The van der Waals surface area contributed by atoms with Crippen molar-refractivity contribution in [1.82, 2.24) is 4.90 Å². The summed E-state index contributed by atoms with van der Waals surface area (Å²) in [6.45, 7) is -0.112. The highest BCUT2D eigenvalue weighted by molar-refractivity contribution is 5.85. The van der Waals surface area contributed by atoms with Crippen LogP contribution in [0.3, 0.4) is 0 Å². The van der Waals surface area contributed by atoms with Gasteiger partial charge in [-0.25, -0.2) is 0 Å². The molecule has 0 heterocycles. The van der Waals surface area contributed by atoms with Crippen LogP contribution in [-0.2, 0) is 17.4 Å². The second-order valence-corrected chi connectivity index (χ2v) is 6.18. The molecule has 0 saturated carbocycles. The van der Waals surface area contributed by atoms with Crippen LogP contribution in [0, 0.1) is 0 Å². The first-order valence-corrected chi connectivity index (χ1v) is 8.21. The number of rotatable bonds is 7. The van der Waals surface area contributed by atoms with Crippen molar-refractivity contribution in [3.05, 3.63) is 59.7 Å². The number of hydrogen-bond acceptors (Lipinski definition) is 4. The lowest BCUT2D eigenvalue weighted by Crippen LogP contribution is -2.37. The number of carbonyl (C=O) groups excluding carboxylic acids is 1. The van der Waals surface area contributed by atoms with Gasteiger partial charge in [0.05, 0.1) is 12.0 Å². The fourth-order valence-electron chi connectivity index (χ4n) is 2.35. The third kappa shape index (κ3) is 7.28. The average molecular weight is 419 g/mol. The number of amides is 1. The molecule has 0 aliphatic rings. The minimum atomic E-state index is -4.41. The van der Waals surface area contributed by atoms with Crippen LogP contribution < -0.4 is 10.5 Å².